The Labute approximate surface area is 120 Å². The van der Waals surface area contributed by atoms with E-state index in [-0.39, 0.29) is 6.03 Å². The highest BCUT2D eigenvalue weighted by molar-refractivity contribution is 5.74. The summed E-state index contributed by atoms with van der Waals surface area (Å²) in [6, 6.07) is 0.457. The van der Waals surface area contributed by atoms with E-state index in [0.717, 1.165) is 37.4 Å². The number of carbonyl (C=O) groups is 1. The van der Waals surface area contributed by atoms with Gasteiger partial charge in [0.05, 0.1) is 0 Å². The number of likely N-dealkylation sites (tertiary alicyclic amines) is 1. The Morgan fingerprint density at radius 1 is 1.50 bits per heavy atom. The molecule has 0 saturated carbocycles. The van der Waals surface area contributed by atoms with Crippen LogP contribution in [0.25, 0.3) is 0 Å². The highest BCUT2D eigenvalue weighted by Gasteiger charge is 2.25. The average Bonchev–Trinajstić information content (AvgIpc) is 2.81. The third-order valence-electron chi connectivity index (χ3n) is 3.78. The lowest BCUT2D eigenvalue weighted by molar-refractivity contribution is 0.156. The molecular formula is C14H24N4O2. The Morgan fingerprint density at radius 2 is 2.20 bits per heavy atom. The van der Waals surface area contributed by atoms with Gasteiger partial charge in [-0.15, -0.1) is 0 Å². The zero-order chi connectivity index (χ0) is 14.5. The minimum atomic E-state index is 0.0467. The second-order valence-electron chi connectivity index (χ2n) is 5.17. The summed E-state index contributed by atoms with van der Waals surface area (Å²) in [4.78, 5) is 18.1. The predicted octanol–water partition coefficient (Wildman–Crippen LogP) is 1.70. The minimum Gasteiger partial charge on any atom is -0.377 e. The molecule has 2 heterocycles. The number of hydrogen-bond acceptors (Lipinski definition) is 3. The zero-order valence-corrected chi connectivity index (χ0v) is 12.6. The Morgan fingerprint density at radius 3 is 2.80 bits per heavy atom. The van der Waals surface area contributed by atoms with E-state index in [1.165, 1.54) is 0 Å². The van der Waals surface area contributed by atoms with Gasteiger partial charge in [-0.1, -0.05) is 0 Å². The first-order valence-electron chi connectivity index (χ1n) is 7.21. The smallest absolute Gasteiger partial charge is 0.317 e. The number of aryl methyl sites for hydroxylation is 1. The van der Waals surface area contributed by atoms with Crippen molar-refractivity contribution in [2.24, 2.45) is 0 Å². The molecule has 6 nitrogen and oxygen atoms in total. The van der Waals surface area contributed by atoms with Gasteiger partial charge in [-0.2, -0.15) is 0 Å². The molecule has 0 bridgehead atoms. The topological polar surface area (TPSA) is 59.4 Å². The van der Waals surface area contributed by atoms with Crippen molar-refractivity contribution in [3.63, 3.8) is 0 Å². The van der Waals surface area contributed by atoms with E-state index in [2.05, 4.69) is 21.8 Å². The van der Waals surface area contributed by atoms with Gasteiger partial charge >= 0.3 is 6.03 Å². The normalized spacial score (nSPS) is 16.4. The van der Waals surface area contributed by atoms with Gasteiger partial charge in [0.25, 0.3) is 0 Å². The monoisotopic (exact) mass is 280 g/mol. The van der Waals surface area contributed by atoms with Gasteiger partial charge in [0.1, 0.15) is 12.4 Å². The number of carbonyl (C=O) groups excluding carboxylic acids is 1. The lowest BCUT2D eigenvalue weighted by atomic mass is 10.0. The first-order valence-corrected chi connectivity index (χ1v) is 7.21. The van der Waals surface area contributed by atoms with E-state index in [1.807, 2.05) is 18.0 Å². The number of nitrogens with one attached hydrogen (secondary N) is 1. The molecule has 0 aliphatic carbocycles. The van der Waals surface area contributed by atoms with Crippen LogP contribution in [0.4, 0.5) is 4.79 Å². The molecule has 20 heavy (non-hydrogen) atoms. The molecule has 1 saturated heterocycles. The number of ether oxygens (including phenoxy) is 1. The van der Waals surface area contributed by atoms with Gasteiger partial charge in [0.2, 0.25) is 0 Å². The predicted molar refractivity (Wildman–Crippen MR) is 76.6 cm³/mol. The second kappa shape index (κ2) is 6.74. The summed E-state index contributed by atoms with van der Waals surface area (Å²) in [5, 5.41) is 2.86. The van der Waals surface area contributed by atoms with E-state index in [9.17, 15) is 4.79 Å². The first kappa shape index (κ1) is 14.8. The van der Waals surface area contributed by atoms with Crippen molar-refractivity contribution in [2.75, 3.05) is 26.7 Å². The van der Waals surface area contributed by atoms with Crippen LogP contribution >= 0.6 is 0 Å². The molecule has 1 N–H and O–H groups in total. The van der Waals surface area contributed by atoms with Crippen molar-refractivity contribution >= 4 is 6.03 Å². The van der Waals surface area contributed by atoms with Crippen molar-refractivity contribution in [3.8, 4) is 0 Å². The van der Waals surface area contributed by atoms with E-state index >= 15 is 0 Å². The van der Waals surface area contributed by atoms with Crippen molar-refractivity contribution in [1.29, 1.82) is 0 Å². The summed E-state index contributed by atoms with van der Waals surface area (Å²) in [5.41, 5.74) is 1.16. The Kier molecular flexibility index (Phi) is 5.00. The van der Waals surface area contributed by atoms with Crippen molar-refractivity contribution in [2.45, 2.75) is 39.3 Å². The van der Waals surface area contributed by atoms with Crippen LogP contribution < -0.4 is 5.32 Å². The summed E-state index contributed by atoms with van der Waals surface area (Å²) in [5.74, 6) is 0.974. The highest BCUT2D eigenvalue weighted by Crippen LogP contribution is 2.25. The molecule has 1 aliphatic heterocycles. The number of hydrogen-bond donors (Lipinski definition) is 1. The number of rotatable bonds is 4. The molecule has 1 fully saturated rings. The summed E-state index contributed by atoms with van der Waals surface area (Å²) < 4.78 is 7.47. The summed E-state index contributed by atoms with van der Waals surface area (Å²) in [6.07, 6.45) is 3.82. The van der Waals surface area contributed by atoms with Gasteiger partial charge < -0.3 is 19.5 Å². The van der Waals surface area contributed by atoms with Gasteiger partial charge in [0, 0.05) is 44.7 Å². The van der Waals surface area contributed by atoms with Gasteiger partial charge in [-0.3, -0.25) is 0 Å². The maximum atomic E-state index is 11.8. The van der Waals surface area contributed by atoms with Crippen LogP contribution in [0.3, 0.4) is 0 Å². The number of imidazole rings is 1. The van der Waals surface area contributed by atoms with E-state index in [4.69, 9.17) is 4.74 Å². The van der Waals surface area contributed by atoms with Crippen molar-refractivity contribution in [1.82, 2.24) is 19.8 Å². The zero-order valence-electron chi connectivity index (χ0n) is 12.6. The van der Waals surface area contributed by atoms with Crippen LogP contribution in [0.1, 0.15) is 37.3 Å². The maximum Gasteiger partial charge on any atom is 0.317 e. The van der Waals surface area contributed by atoms with Crippen LogP contribution in [0.2, 0.25) is 0 Å². The summed E-state index contributed by atoms with van der Waals surface area (Å²) >= 11 is 0. The van der Waals surface area contributed by atoms with Crippen LogP contribution in [0, 0.1) is 6.92 Å². The number of urea groups is 1. The molecule has 0 atom stereocenters. The largest absolute Gasteiger partial charge is 0.377 e. The standard InChI is InChI=1S/C14H24N4O2/c1-4-15-14(19)17-7-5-12(6-8-17)18-11(2)9-16-13(18)10-20-3/h9,12H,4-8,10H2,1-3H3,(H,15,19). The van der Waals surface area contributed by atoms with E-state index < -0.39 is 0 Å². The fraction of sp³-hybridized carbons (Fsp3) is 0.714. The molecule has 1 aliphatic rings. The number of amides is 2. The van der Waals surface area contributed by atoms with Gasteiger partial charge in [0.15, 0.2) is 0 Å². The highest BCUT2D eigenvalue weighted by atomic mass is 16.5. The molecule has 0 spiro atoms. The second-order valence-corrected chi connectivity index (χ2v) is 5.17. The van der Waals surface area contributed by atoms with E-state index in [0.29, 0.717) is 19.2 Å². The lowest BCUT2D eigenvalue weighted by Crippen LogP contribution is -2.44. The quantitative estimate of drug-likeness (QED) is 0.913. The van der Waals surface area contributed by atoms with Gasteiger partial charge in [-0.05, 0) is 26.7 Å². The molecular weight excluding hydrogens is 256 g/mol. The molecule has 2 rings (SSSR count). The molecule has 6 heteroatoms. The third kappa shape index (κ3) is 3.12. The fourth-order valence-corrected chi connectivity index (χ4v) is 2.82. The molecule has 0 radical (unpaired) electrons. The molecule has 112 valence electrons. The number of aromatic nitrogens is 2. The fourth-order valence-electron chi connectivity index (χ4n) is 2.82. The van der Waals surface area contributed by atoms with Crippen molar-refractivity contribution in [3.05, 3.63) is 17.7 Å². The summed E-state index contributed by atoms with van der Waals surface area (Å²) in [6.45, 7) is 6.81. The number of piperidine rings is 1. The Balaban J connectivity index is 2.00. The Bertz CT molecular complexity index is 450. The van der Waals surface area contributed by atoms with Crippen LogP contribution in [-0.4, -0.2) is 47.2 Å². The minimum absolute atomic E-state index is 0.0467. The van der Waals surface area contributed by atoms with Crippen LogP contribution in [0.5, 0.6) is 0 Å². The maximum absolute atomic E-state index is 11.8. The summed E-state index contributed by atoms with van der Waals surface area (Å²) in [7, 11) is 1.69. The lowest BCUT2D eigenvalue weighted by Gasteiger charge is -2.33. The first-order chi connectivity index (χ1) is 9.67. The average molecular weight is 280 g/mol. The molecule has 1 aromatic rings. The number of methoxy groups -OCH3 is 1. The third-order valence-corrected chi connectivity index (χ3v) is 3.78. The van der Waals surface area contributed by atoms with Crippen LogP contribution in [-0.2, 0) is 11.3 Å². The Hall–Kier alpha value is -1.56. The molecule has 0 aromatic carbocycles. The SMILES string of the molecule is CCNC(=O)N1CCC(n2c(C)cnc2COC)CC1. The van der Waals surface area contributed by atoms with Gasteiger partial charge in [-0.25, -0.2) is 9.78 Å². The molecule has 0 unspecified atom stereocenters. The number of nitrogens with zero attached hydrogens (tertiary/aromatic N) is 3. The molecule has 1 aromatic heterocycles. The van der Waals surface area contributed by atoms with Crippen molar-refractivity contribution < 1.29 is 9.53 Å². The van der Waals surface area contributed by atoms with Crippen LogP contribution in [0.15, 0.2) is 6.20 Å². The van der Waals surface area contributed by atoms with E-state index in [1.54, 1.807) is 7.11 Å². The molecule has 2 amide bonds.